The Bertz CT molecular complexity index is 662. The number of nitrogens with one attached hydrogen (secondary N) is 2. The van der Waals surface area contributed by atoms with Crippen molar-refractivity contribution in [2.24, 2.45) is 23.7 Å². The summed E-state index contributed by atoms with van der Waals surface area (Å²) in [5, 5.41) is 11.9. The first-order valence-electron chi connectivity index (χ1n) is 10.2. The van der Waals surface area contributed by atoms with Gasteiger partial charge in [0.05, 0.1) is 0 Å². The molecular weight excluding hydrogens is 343 g/mol. The maximum Gasteiger partial charge on any atom is 0.267 e. The lowest BCUT2D eigenvalue weighted by Crippen LogP contribution is -2.35. The summed E-state index contributed by atoms with van der Waals surface area (Å²) >= 11 is 0. The first-order chi connectivity index (χ1) is 13.1. The van der Waals surface area contributed by atoms with E-state index in [0.29, 0.717) is 23.6 Å². The fourth-order valence-electron chi connectivity index (χ4n) is 5.06. The molecule has 0 saturated heterocycles. The van der Waals surface area contributed by atoms with Gasteiger partial charge in [0.25, 0.3) is 5.91 Å². The van der Waals surface area contributed by atoms with Gasteiger partial charge in [-0.1, -0.05) is 25.5 Å². The van der Waals surface area contributed by atoms with Crippen LogP contribution in [0.2, 0.25) is 0 Å². The Balaban J connectivity index is 1.47. The number of hydroxylamine groups is 1. The van der Waals surface area contributed by atoms with Gasteiger partial charge in [0.2, 0.25) is 0 Å². The molecule has 2 aliphatic rings. The third-order valence-electron chi connectivity index (χ3n) is 6.27. The maximum absolute atomic E-state index is 14.3. The molecule has 0 spiro atoms. The van der Waals surface area contributed by atoms with Crippen LogP contribution < -0.4 is 10.8 Å². The zero-order valence-electron chi connectivity index (χ0n) is 16.1. The first kappa shape index (κ1) is 20.0. The molecule has 27 heavy (non-hydrogen) atoms. The van der Waals surface area contributed by atoms with E-state index in [9.17, 15) is 9.18 Å². The molecule has 0 radical (unpaired) electrons. The summed E-state index contributed by atoms with van der Waals surface area (Å²) in [6.07, 6.45) is 10.8. The van der Waals surface area contributed by atoms with Crippen molar-refractivity contribution < 1.29 is 14.4 Å². The summed E-state index contributed by atoms with van der Waals surface area (Å²) in [6.45, 7) is 3.81. The van der Waals surface area contributed by atoms with Crippen LogP contribution in [0, 0.1) is 29.5 Å². The predicted octanol–water partition coefficient (Wildman–Crippen LogP) is 4.29. The van der Waals surface area contributed by atoms with E-state index < -0.39 is 5.91 Å². The fraction of sp³-hybridized carbons (Fsp3) is 0.591. The molecule has 1 aromatic rings. The highest BCUT2D eigenvalue weighted by molar-refractivity contribution is 5.90. The Morgan fingerprint density at radius 1 is 1.19 bits per heavy atom. The average molecular weight is 375 g/mol. The van der Waals surface area contributed by atoms with Crippen LogP contribution in [-0.4, -0.2) is 17.7 Å². The van der Waals surface area contributed by atoms with Crippen molar-refractivity contribution in [3.63, 3.8) is 0 Å². The molecule has 5 heteroatoms. The Morgan fingerprint density at radius 2 is 1.89 bits per heavy atom. The van der Waals surface area contributed by atoms with Crippen molar-refractivity contribution in [3.05, 3.63) is 41.2 Å². The first-order valence-corrected chi connectivity index (χ1v) is 10.2. The number of amides is 1. The number of fused-ring (bicyclic) bond motifs is 2. The zero-order chi connectivity index (χ0) is 19.2. The fourth-order valence-corrected chi connectivity index (χ4v) is 5.06. The van der Waals surface area contributed by atoms with Crippen molar-refractivity contribution in [1.29, 1.82) is 0 Å². The van der Waals surface area contributed by atoms with Gasteiger partial charge >= 0.3 is 0 Å². The molecule has 2 atom stereocenters. The van der Waals surface area contributed by atoms with E-state index in [-0.39, 0.29) is 5.82 Å². The molecule has 0 aliphatic heterocycles. The Hall–Kier alpha value is -1.72. The number of halogens is 1. The smallest absolute Gasteiger partial charge is 0.267 e. The predicted molar refractivity (Wildman–Crippen MR) is 104 cm³/mol. The summed E-state index contributed by atoms with van der Waals surface area (Å²) in [4.78, 5) is 11.0. The van der Waals surface area contributed by atoms with Crippen LogP contribution in [0.15, 0.2) is 24.3 Å². The minimum atomic E-state index is -0.636. The second-order valence-corrected chi connectivity index (χ2v) is 8.34. The highest BCUT2D eigenvalue weighted by atomic mass is 19.1. The number of carbonyl (C=O) groups excluding carboxylic acids is 1. The highest BCUT2D eigenvalue weighted by Crippen LogP contribution is 2.45. The van der Waals surface area contributed by atoms with Crippen LogP contribution in [-0.2, 0) is 11.3 Å². The second-order valence-electron chi connectivity index (χ2n) is 8.34. The monoisotopic (exact) mass is 374 g/mol. The summed E-state index contributed by atoms with van der Waals surface area (Å²) in [5.74, 6) is 2.53. The normalized spacial score (nSPS) is 27.7. The third kappa shape index (κ3) is 5.63. The minimum Gasteiger partial charge on any atom is -0.312 e. The van der Waals surface area contributed by atoms with Crippen molar-refractivity contribution in [2.75, 3.05) is 6.54 Å². The Kier molecular flexibility index (Phi) is 7.02. The molecule has 0 heterocycles. The van der Waals surface area contributed by atoms with Gasteiger partial charge in [0.15, 0.2) is 0 Å². The van der Waals surface area contributed by atoms with Gasteiger partial charge in [-0.3, -0.25) is 10.0 Å². The van der Waals surface area contributed by atoms with Gasteiger partial charge in [-0.05, 0) is 80.0 Å². The van der Waals surface area contributed by atoms with E-state index in [1.165, 1.54) is 56.1 Å². The average Bonchev–Trinajstić information content (AvgIpc) is 2.66. The molecule has 1 aromatic carbocycles. The lowest BCUT2D eigenvalue weighted by Gasteiger charge is -2.42. The zero-order valence-corrected chi connectivity index (χ0v) is 16.1. The van der Waals surface area contributed by atoms with Crippen molar-refractivity contribution >= 4 is 12.0 Å². The summed E-state index contributed by atoms with van der Waals surface area (Å²) in [5.41, 5.74) is 2.74. The van der Waals surface area contributed by atoms with Crippen molar-refractivity contribution in [1.82, 2.24) is 10.8 Å². The molecule has 3 rings (SSSR count). The number of carbonyl (C=O) groups is 1. The van der Waals surface area contributed by atoms with E-state index in [1.807, 2.05) is 0 Å². The quantitative estimate of drug-likeness (QED) is 0.379. The third-order valence-corrected chi connectivity index (χ3v) is 6.27. The van der Waals surface area contributed by atoms with Crippen LogP contribution in [0.3, 0.4) is 0 Å². The molecule has 0 aromatic heterocycles. The molecule has 2 aliphatic carbocycles. The molecule has 1 amide bonds. The van der Waals surface area contributed by atoms with Crippen LogP contribution in [0.4, 0.5) is 4.39 Å². The van der Waals surface area contributed by atoms with Gasteiger partial charge in [-0.2, -0.15) is 0 Å². The topological polar surface area (TPSA) is 61.4 Å². The lowest BCUT2D eigenvalue weighted by molar-refractivity contribution is -0.124. The molecule has 2 bridgehead atoms. The summed E-state index contributed by atoms with van der Waals surface area (Å²) in [6, 6.07) is 4.94. The summed E-state index contributed by atoms with van der Waals surface area (Å²) in [7, 11) is 0. The molecule has 2 fully saturated rings. The standard InChI is InChI=1S/C22H31FN2O2/c1-2-15-7-17-9-18(8-15)11-19(10-17)13-24-14-20-5-3-16(12-21(20)23)4-6-22(26)25-27/h3-6,12,15,17-19,24,27H,2,7-11,13-14H2,1H3,(H,25,26)/b6-4+. The second kappa shape index (κ2) is 9.47. The molecule has 148 valence electrons. The highest BCUT2D eigenvalue weighted by Gasteiger charge is 2.35. The molecule has 4 nitrogen and oxygen atoms in total. The van der Waals surface area contributed by atoms with E-state index in [1.54, 1.807) is 12.1 Å². The van der Waals surface area contributed by atoms with Gasteiger partial charge in [0, 0.05) is 18.2 Å². The van der Waals surface area contributed by atoms with Crippen LogP contribution in [0.5, 0.6) is 0 Å². The van der Waals surface area contributed by atoms with Gasteiger partial charge in [-0.15, -0.1) is 0 Å². The van der Waals surface area contributed by atoms with E-state index in [4.69, 9.17) is 5.21 Å². The van der Waals surface area contributed by atoms with Gasteiger partial charge in [-0.25, -0.2) is 9.87 Å². The Morgan fingerprint density at radius 3 is 2.52 bits per heavy atom. The number of hydrogen-bond donors (Lipinski definition) is 3. The van der Waals surface area contributed by atoms with Crippen molar-refractivity contribution in [2.45, 2.75) is 52.0 Å². The molecule has 2 saturated carbocycles. The van der Waals surface area contributed by atoms with E-state index >= 15 is 0 Å². The summed E-state index contributed by atoms with van der Waals surface area (Å²) < 4.78 is 14.3. The van der Waals surface area contributed by atoms with Crippen LogP contribution in [0.1, 0.15) is 56.6 Å². The number of hydrogen-bond acceptors (Lipinski definition) is 3. The molecule has 3 N–H and O–H groups in total. The minimum absolute atomic E-state index is 0.277. The van der Waals surface area contributed by atoms with E-state index in [0.717, 1.165) is 30.4 Å². The lowest BCUT2D eigenvalue weighted by atomic mass is 9.64. The van der Waals surface area contributed by atoms with E-state index in [2.05, 4.69) is 12.2 Å². The van der Waals surface area contributed by atoms with Gasteiger partial charge in [0.1, 0.15) is 5.82 Å². The van der Waals surface area contributed by atoms with Gasteiger partial charge < -0.3 is 5.32 Å². The molecular formula is C22H31FN2O2. The number of benzene rings is 1. The van der Waals surface area contributed by atoms with Crippen molar-refractivity contribution in [3.8, 4) is 0 Å². The largest absolute Gasteiger partial charge is 0.312 e. The van der Waals surface area contributed by atoms with Crippen LogP contribution in [0.25, 0.3) is 6.08 Å². The molecule has 2 unspecified atom stereocenters. The SMILES string of the molecule is CCC1CC2CC(CNCc3ccc(/C=C/C(=O)NO)cc3F)CC(C1)C2. The Labute approximate surface area is 161 Å². The maximum atomic E-state index is 14.3. The van der Waals surface area contributed by atoms with Crippen LogP contribution >= 0.6 is 0 Å². The number of rotatable bonds is 7.